The third kappa shape index (κ3) is 3.13. The maximum atomic E-state index is 12.4. The molecule has 1 amide bonds. The summed E-state index contributed by atoms with van der Waals surface area (Å²) in [4.78, 5) is 24.7. The van der Waals surface area contributed by atoms with E-state index in [-0.39, 0.29) is 17.9 Å². The summed E-state index contributed by atoms with van der Waals surface area (Å²) in [5.41, 5.74) is 1.60. The smallest absolute Gasteiger partial charge is 0.272 e. The number of hydrogen-bond donors (Lipinski definition) is 1. The fraction of sp³-hybridized carbons (Fsp3) is 0.263. The second-order valence-corrected chi connectivity index (χ2v) is 7.26. The van der Waals surface area contributed by atoms with E-state index in [2.05, 4.69) is 15.5 Å². The van der Waals surface area contributed by atoms with Crippen LogP contribution in [0, 0.1) is 0 Å². The van der Waals surface area contributed by atoms with Gasteiger partial charge in [-0.05, 0) is 17.5 Å². The van der Waals surface area contributed by atoms with Crippen LogP contribution in [-0.2, 0) is 24.8 Å². The molecule has 0 fully saturated rings. The summed E-state index contributed by atoms with van der Waals surface area (Å²) in [6.45, 7) is 0.396. The molecule has 0 aliphatic heterocycles. The molecule has 0 saturated heterocycles. The van der Waals surface area contributed by atoms with E-state index in [1.807, 2.05) is 40.1 Å². The number of methoxy groups -OCH3 is 1. The third-order valence-electron chi connectivity index (χ3n) is 4.64. The average molecular weight is 397 g/mol. The van der Waals surface area contributed by atoms with E-state index < -0.39 is 0 Å². The maximum Gasteiger partial charge on any atom is 0.272 e. The molecule has 144 valence electrons. The Labute approximate surface area is 164 Å². The van der Waals surface area contributed by atoms with Crippen LogP contribution in [0.3, 0.4) is 0 Å². The number of fused-ring (bicyclic) bond motifs is 3. The van der Waals surface area contributed by atoms with Crippen molar-refractivity contribution in [1.82, 2.24) is 24.5 Å². The minimum Gasteiger partial charge on any atom is -0.496 e. The molecule has 0 bridgehead atoms. The van der Waals surface area contributed by atoms with Crippen LogP contribution >= 0.6 is 11.3 Å². The summed E-state index contributed by atoms with van der Waals surface area (Å²) in [5, 5.41) is 13.1. The Morgan fingerprint density at radius 3 is 2.89 bits per heavy atom. The molecule has 0 radical (unpaired) electrons. The first-order valence-electron chi connectivity index (χ1n) is 8.79. The minimum absolute atomic E-state index is 0.0889. The number of aromatic nitrogens is 4. The van der Waals surface area contributed by atoms with Crippen molar-refractivity contribution in [3.63, 3.8) is 0 Å². The molecule has 0 atom stereocenters. The number of ether oxygens (including phenoxy) is 1. The lowest BCUT2D eigenvalue weighted by atomic mass is 10.2. The van der Waals surface area contributed by atoms with Gasteiger partial charge in [0.05, 0.1) is 12.6 Å². The SMILES string of the molecule is COc1ccccc1CNC(=O)CCc1nnc2n(C)c(=O)c3sccc3n12. The Bertz CT molecular complexity index is 1220. The van der Waals surface area contributed by atoms with Gasteiger partial charge in [-0.2, -0.15) is 0 Å². The van der Waals surface area contributed by atoms with Crippen molar-refractivity contribution >= 4 is 33.2 Å². The first kappa shape index (κ1) is 18.2. The van der Waals surface area contributed by atoms with Crippen molar-refractivity contribution in [2.75, 3.05) is 7.11 Å². The van der Waals surface area contributed by atoms with Gasteiger partial charge in [-0.15, -0.1) is 21.5 Å². The van der Waals surface area contributed by atoms with Crippen molar-refractivity contribution in [2.45, 2.75) is 19.4 Å². The van der Waals surface area contributed by atoms with Crippen LogP contribution in [0.5, 0.6) is 5.75 Å². The zero-order valence-corrected chi connectivity index (χ0v) is 16.3. The number of carbonyl (C=O) groups excluding carboxylic acids is 1. The van der Waals surface area contributed by atoms with Gasteiger partial charge in [0.15, 0.2) is 0 Å². The number of benzene rings is 1. The molecule has 9 heteroatoms. The van der Waals surface area contributed by atoms with Crippen molar-refractivity contribution < 1.29 is 9.53 Å². The van der Waals surface area contributed by atoms with Crippen LogP contribution in [0.2, 0.25) is 0 Å². The first-order chi connectivity index (χ1) is 13.6. The van der Waals surface area contributed by atoms with Gasteiger partial charge in [0, 0.05) is 32.0 Å². The maximum absolute atomic E-state index is 12.4. The van der Waals surface area contributed by atoms with E-state index in [9.17, 15) is 9.59 Å². The highest BCUT2D eigenvalue weighted by molar-refractivity contribution is 7.17. The van der Waals surface area contributed by atoms with Crippen LogP contribution in [0.15, 0.2) is 40.5 Å². The molecule has 0 spiro atoms. The molecule has 0 unspecified atom stereocenters. The number of rotatable bonds is 6. The van der Waals surface area contributed by atoms with Crippen molar-refractivity contribution in [3.05, 3.63) is 57.5 Å². The lowest BCUT2D eigenvalue weighted by Crippen LogP contribution is -2.23. The summed E-state index contributed by atoms with van der Waals surface area (Å²) in [5.74, 6) is 1.78. The topological polar surface area (TPSA) is 90.5 Å². The monoisotopic (exact) mass is 397 g/mol. The van der Waals surface area contributed by atoms with Crippen molar-refractivity contribution in [2.24, 2.45) is 7.05 Å². The molecular weight excluding hydrogens is 378 g/mol. The molecule has 1 N–H and O–H groups in total. The predicted octanol–water partition coefficient (Wildman–Crippen LogP) is 1.90. The van der Waals surface area contributed by atoms with Crippen molar-refractivity contribution in [1.29, 1.82) is 0 Å². The molecule has 0 saturated carbocycles. The fourth-order valence-electron chi connectivity index (χ4n) is 3.17. The van der Waals surface area contributed by atoms with Gasteiger partial charge in [-0.3, -0.25) is 18.6 Å². The summed E-state index contributed by atoms with van der Waals surface area (Å²) in [6, 6.07) is 9.45. The zero-order chi connectivity index (χ0) is 19.7. The number of carbonyl (C=O) groups is 1. The molecule has 4 aromatic rings. The summed E-state index contributed by atoms with van der Waals surface area (Å²) in [7, 11) is 3.28. The van der Waals surface area contributed by atoms with Crippen molar-refractivity contribution in [3.8, 4) is 5.75 Å². The standard InChI is InChI=1S/C19H19N5O3S/c1-23-18(26)17-13(9-10-28-17)24-15(21-22-19(23)24)7-8-16(25)20-11-12-5-3-4-6-14(12)27-2/h3-6,9-10H,7-8,11H2,1-2H3,(H,20,25). The molecule has 8 nitrogen and oxygen atoms in total. The number of thiophene rings is 1. The van der Waals surface area contributed by atoms with E-state index in [1.165, 1.54) is 15.9 Å². The van der Waals surface area contributed by atoms with E-state index >= 15 is 0 Å². The highest BCUT2D eigenvalue weighted by atomic mass is 32.1. The molecule has 28 heavy (non-hydrogen) atoms. The highest BCUT2D eigenvalue weighted by Gasteiger charge is 2.16. The first-order valence-corrected chi connectivity index (χ1v) is 9.67. The summed E-state index contributed by atoms with van der Waals surface area (Å²) < 4.78 is 9.28. The number of para-hydroxylation sites is 1. The molecule has 1 aromatic carbocycles. The molecular formula is C19H19N5O3S. The van der Waals surface area contributed by atoms with Gasteiger partial charge < -0.3 is 10.1 Å². The Balaban J connectivity index is 1.50. The van der Waals surface area contributed by atoms with E-state index in [0.29, 0.717) is 29.3 Å². The molecule has 0 aliphatic carbocycles. The van der Waals surface area contributed by atoms with Gasteiger partial charge in [-0.25, -0.2) is 0 Å². The minimum atomic E-state index is -0.0917. The zero-order valence-electron chi connectivity index (χ0n) is 15.5. The normalized spacial score (nSPS) is 11.2. The molecule has 3 aromatic heterocycles. The second kappa shape index (κ2) is 7.43. The predicted molar refractivity (Wildman–Crippen MR) is 107 cm³/mol. The lowest BCUT2D eigenvalue weighted by molar-refractivity contribution is -0.121. The second-order valence-electron chi connectivity index (χ2n) is 6.34. The van der Waals surface area contributed by atoms with E-state index in [0.717, 1.165) is 16.8 Å². The summed E-state index contributed by atoms with van der Waals surface area (Å²) >= 11 is 1.39. The number of nitrogens with zero attached hydrogens (tertiary/aromatic N) is 4. The number of nitrogens with one attached hydrogen (secondary N) is 1. The van der Waals surface area contributed by atoms with Gasteiger partial charge in [0.25, 0.3) is 5.56 Å². The summed E-state index contributed by atoms with van der Waals surface area (Å²) in [6.07, 6.45) is 0.687. The van der Waals surface area contributed by atoms with Gasteiger partial charge in [0.1, 0.15) is 16.3 Å². The van der Waals surface area contributed by atoms with Gasteiger partial charge in [0.2, 0.25) is 11.7 Å². The Morgan fingerprint density at radius 2 is 2.07 bits per heavy atom. The van der Waals surface area contributed by atoms with Crippen LogP contribution in [0.25, 0.3) is 16.0 Å². The van der Waals surface area contributed by atoms with E-state index in [4.69, 9.17) is 4.74 Å². The number of hydrogen-bond acceptors (Lipinski definition) is 6. The number of amides is 1. The fourth-order valence-corrected chi connectivity index (χ4v) is 4.02. The Morgan fingerprint density at radius 1 is 1.25 bits per heavy atom. The number of aryl methyl sites for hydroxylation is 2. The van der Waals surface area contributed by atoms with Gasteiger partial charge >= 0.3 is 0 Å². The van der Waals surface area contributed by atoms with Crippen LogP contribution < -0.4 is 15.6 Å². The highest BCUT2D eigenvalue weighted by Crippen LogP contribution is 2.20. The van der Waals surface area contributed by atoms with E-state index in [1.54, 1.807) is 14.2 Å². The van der Waals surface area contributed by atoms with Crippen LogP contribution in [0.1, 0.15) is 17.8 Å². The Hall–Kier alpha value is -3.20. The van der Waals surface area contributed by atoms with Crippen LogP contribution in [-0.4, -0.2) is 32.2 Å². The molecule has 3 heterocycles. The molecule has 0 aliphatic rings. The molecule has 4 rings (SSSR count). The third-order valence-corrected chi connectivity index (χ3v) is 5.53. The quantitative estimate of drug-likeness (QED) is 0.537. The largest absolute Gasteiger partial charge is 0.496 e. The van der Waals surface area contributed by atoms with Crippen LogP contribution in [0.4, 0.5) is 0 Å². The van der Waals surface area contributed by atoms with Gasteiger partial charge in [-0.1, -0.05) is 18.2 Å². The average Bonchev–Trinajstić information content (AvgIpc) is 3.36. The Kier molecular flexibility index (Phi) is 4.82. The lowest BCUT2D eigenvalue weighted by Gasteiger charge is -2.09.